The molecule has 2 rings (SSSR count). The van der Waals surface area contributed by atoms with E-state index in [9.17, 15) is 9.59 Å². The molecule has 0 aliphatic rings. The largest absolute Gasteiger partial charge is 0.462 e. The van der Waals surface area contributed by atoms with Gasteiger partial charge in [-0.2, -0.15) is 0 Å². The van der Waals surface area contributed by atoms with Crippen molar-refractivity contribution in [3.05, 3.63) is 60.2 Å². The quantitative estimate of drug-likeness (QED) is 0.805. The van der Waals surface area contributed by atoms with Gasteiger partial charge in [-0.1, -0.05) is 30.3 Å². The average Bonchev–Trinajstić information content (AvgIpc) is 2.54. The zero-order chi connectivity index (χ0) is 15.8. The lowest BCUT2D eigenvalue weighted by molar-refractivity contribution is -0.114. The van der Waals surface area contributed by atoms with Crippen molar-refractivity contribution in [2.24, 2.45) is 0 Å². The number of amides is 1. The normalized spacial score (nSPS) is 9.86. The van der Waals surface area contributed by atoms with Gasteiger partial charge in [0, 0.05) is 11.4 Å². The van der Waals surface area contributed by atoms with Crippen LogP contribution in [0, 0.1) is 0 Å². The molecule has 0 unspecified atom stereocenters. The smallest absolute Gasteiger partial charge is 0.340 e. The van der Waals surface area contributed by atoms with Crippen LogP contribution in [0.1, 0.15) is 17.3 Å². The summed E-state index contributed by atoms with van der Waals surface area (Å²) in [5.74, 6) is -0.598. The number of carbonyl (C=O) groups is 2. The molecule has 0 saturated heterocycles. The van der Waals surface area contributed by atoms with Crippen molar-refractivity contribution in [2.75, 3.05) is 23.8 Å². The molecule has 0 aromatic heterocycles. The fourth-order valence-electron chi connectivity index (χ4n) is 1.93. The predicted molar refractivity (Wildman–Crippen MR) is 86.0 cm³/mol. The number of hydrogen-bond acceptors (Lipinski definition) is 4. The first kappa shape index (κ1) is 15.6. The van der Waals surface area contributed by atoms with Crippen LogP contribution < -0.4 is 10.6 Å². The van der Waals surface area contributed by atoms with Gasteiger partial charge in [0.2, 0.25) is 5.91 Å². The van der Waals surface area contributed by atoms with Gasteiger partial charge in [-0.3, -0.25) is 4.79 Å². The van der Waals surface area contributed by atoms with Gasteiger partial charge in [0.25, 0.3) is 0 Å². The van der Waals surface area contributed by atoms with Crippen LogP contribution in [0.3, 0.4) is 0 Å². The van der Waals surface area contributed by atoms with E-state index in [-0.39, 0.29) is 12.5 Å². The van der Waals surface area contributed by atoms with E-state index in [2.05, 4.69) is 10.6 Å². The number of rotatable bonds is 6. The molecule has 0 aliphatic carbocycles. The molecule has 22 heavy (non-hydrogen) atoms. The Morgan fingerprint density at radius 1 is 1.00 bits per heavy atom. The molecule has 0 saturated carbocycles. The van der Waals surface area contributed by atoms with E-state index in [0.717, 1.165) is 5.69 Å². The Morgan fingerprint density at radius 2 is 1.68 bits per heavy atom. The fourth-order valence-corrected chi connectivity index (χ4v) is 1.93. The van der Waals surface area contributed by atoms with Gasteiger partial charge >= 0.3 is 5.97 Å². The van der Waals surface area contributed by atoms with Crippen molar-refractivity contribution in [3.8, 4) is 0 Å². The Kier molecular flexibility index (Phi) is 5.54. The number of nitrogens with one attached hydrogen (secondary N) is 2. The molecule has 5 nitrogen and oxygen atoms in total. The lowest BCUT2D eigenvalue weighted by atomic mass is 10.2. The lowest BCUT2D eigenvalue weighted by Gasteiger charge is -2.11. The molecule has 0 aliphatic heterocycles. The van der Waals surface area contributed by atoms with Crippen LogP contribution >= 0.6 is 0 Å². The first-order valence-corrected chi connectivity index (χ1v) is 7.05. The molecular weight excluding hydrogens is 280 g/mol. The maximum atomic E-state index is 11.9. The van der Waals surface area contributed by atoms with Crippen LogP contribution in [0.25, 0.3) is 0 Å². The minimum Gasteiger partial charge on any atom is -0.462 e. The van der Waals surface area contributed by atoms with E-state index in [4.69, 9.17) is 4.74 Å². The van der Waals surface area contributed by atoms with Crippen LogP contribution in [0.5, 0.6) is 0 Å². The highest BCUT2D eigenvalue weighted by atomic mass is 16.5. The summed E-state index contributed by atoms with van der Waals surface area (Å²) in [7, 11) is 0. The number of carbonyl (C=O) groups excluding carboxylic acids is 2. The van der Waals surface area contributed by atoms with Gasteiger partial charge < -0.3 is 15.4 Å². The molecule has 0 heterocycles. The molecule has 2 aromatic carbocycles. The van der Waals surface area contributed by atoms with Crippen molar-refractivity contribution < 1.29 is 14.3 Å². The van der Waals surface area contributed by atoms with Crippen LogP contribution in [0.4, 0.5) is 11.4 Å². The van der Waals surface area contributed by atoms with Crippen molar-refractivity contribution in [3.63, 3.8) is 0 Å². The van der Waals surface area contributed by atoms with E-state index in [1.54, 1.807) is 31.2 Å². The summed E-state index contributed by atoms with van der Waals surface area (Å²) in [6.07, 6.45) is 0. The maximum Gasteiger partial charge on any atom is 0.340 e. The first-order valence-electron chi connectivity index (χ1n) is 7.05. The summed E-state index contributed by atoms with van der Waals surface area (Å²) in [6, 6.07) is 16.1. The lowest BCUT2D eigenvalue weighted by Crippen LogP contribution is -2.22. The summed E-state index contributed by atoms with van der Waals surface area (Å²) >= 11 is 0. The molecule has 114 valence electrons. The molecule has 0 fully saturated rings. The topological polar surface area (TPSA) is 67.4 Å². The van der Waals surface area contributed by atoms with Crippen LogP contribution in [-0.2, 0) is 9.53 Å². The second-order valence-corrected chi connectivity index (χ2v) is 4.53. The summed E-state index contributed by atoms with van der Waals surface area (Å²) in [5, 5.41) is 5.73. The van der Waals surface area contributed by atoms with Crippen LogP contribution in [-0.4, -0.2) is 25.0 Å². The summed E-state index contributed by atoms with van der Waals surface area (Å²) in [6.45, 7) is 2.12. The molecule has 0 atom stereocenters. The molecule has 2 N–H and O–H groups in total. The molecule has 0 radical (unpaired) electrons. The zero-order valence-electron chi connectivity index (χ0n) is 12.3. The Balaban J connectivity index is 1.97. The third kappa shape index (κ3) is 4.34. The van der Waals surface area contributed by atoms with E-state index in [1.807, 2.05) is 30.3 Å². The zero-order valence-corrected chi connectivity index (χ0v) is 12.3. The Labute approximate surface area is 129 Å². The van der Waals surface area contributed by atoms with E-state index >= 15 is 0 Å². The number of esters is 1. The third-order valence-corrected chi connectivity index (χ3v) is 2.92. The van der Waals surface area contributed by atoms with Gasteiger partial charge in [0.1, 0.15) is 0 Å². The van der Waals surface area contributed by atoms with Crippen LogP contribution in [0.15, 0.2) is 54.6 Å². The highest BCUT2D eigenvalue weighted by molar-refractivity contribution is 5.98. The maximum absolute atomic E-state index is 11.9. The average molecular weight is 298 g/mol. The Morgan fingerprint density at radius 3 is 2.41 bits per heavy atom. The fraction of sp³-hybridized carbons (Fsp3) is 0.176. The summed E-state index contributed by atoms with van der Waals surface area (Å²) in [4.78, 5) is 23.7. The summed E-state index contributed by atoms with van der Waals surface area (Å²) < 4.78 is 4.99. The minimum absolute atomic E-state index is 0.0608. The first-order chi connectivity index (χ1) is 10.7. The molecule has 0 spiro atoms. The molecule has 1 amide bonds. The number of benzene rings is 2. The number of anilines is 2. The SMILES string of the molecule is CCOC(=O)c1ccccc1NCC(=O)Nc1ccccc1. The monoisotopic (exact) mass is 298 g/mol. The van der Waals surface area contributed by atoms with Gasteiger partial charge in [-0.25, -0.2) is 4.79 Å². The highest BCUT2D eigenvalue weighted by Gasteiger charge is 2.12. The summed E-state index contributed by atoms with van der Waals surface area (Å²) in [5.41, 5.74) is 1.72. The number of hydrogen-bond donors (Lipinski definition) is 2. The van der Waals surface area contributed by atoms with Crippen molar-refractivity contribution in [1.82, 2.24) is 0 Å². The van der Waals surface area contributed by atoms with E-state index in [1.165, 1.54) is 0 Å². The van der Waals surface area contributed by atoms with Crippen molar-refractivity contribution in [1.29, 1.82) is 0 Å². The second kappa shape index (κ2) is 7.83. The Bertz CT molecular complexity index is 641. The predicted octanol–water partition coefficient (Wildman–Crippen LogP) is 2.91. The van der Waals surface area contributed by atoms with Gasteiger partial charge in [-0.15, -0.1) is 0 Å². The number of para-hydroxylation sites is 2. The molecule has 2 aromatic rings. The van der Waals surface area contributed by atoms with E-state index in [0.29, 0.717) is 17.9 Å². The minimum atomic E-state index is -0.408. The van der Waals surface area contributed by atoms with E-state index < -0.39 is 5.97 Å². The highest BCUT2D eigenvalue weighted by Crippen LogP contribution is 2.16. The standard InChI is InChI=1S/C17H18N2O3/c1-2-22-17(21)14-10-6-7-11-15(14)18-12-16(20)19-13-8-4-3-5-9-13/h3-11,18H,2,12H2,1H3,(H,19,20). The van der Waals surface area contributed by atoms with Crippen molar-refractivity contribution >= 4 is 23.3 Å². The van der Waals surface area contributed by atoms with Gasteiger partial charge in [0.15, 0.2) is 0 Å². The van der Waals surface area contributed by atoms with Crippen LogP contribution in [0.2, 0.25) is 0 Å². The van der Waals surface area contributed by atoms with Crippen molar-refractivity contribution in [2.45, 2.75) is 6.92 Å². The number of ether oxygens (including phenoxy) is 1. The third-order valence-electron chi connectivity index (χ3n) is 2.92. The molecular formula is C17H18N2O3. The molecule has 0 bridgehead atoms. The second-order valence-electron chi connectivity index (χ2n) is 4.53. The van der Waals surface area contributed by atoms with Gasteiger partial charge in [-0.05, 0) is 31.2 Å². The van der Waals surface area contributed by atoms with Gasteiger partial charge in [0.05, 0.1) is 18.7 Å². The molecule has 5 heteroatoms. The Hall–Kier alpha value is -2.82.